The summed E-state index contributed by atoms with van der Waals surface area (Å²) in [4.78, 5) is 27.5. The number of aromatic nitrogens is 2. The molecule has 7 heteroatoms. The first kappa shape index (κ1) is 19.8. The van der Waals surface area contributed by atoms with Gasteiger partial charge in [0, 0.05) is 16.8 Å². The van der Waals surface area contributed by atoms with Crippen LogP contribution in [0.5, 0.6) is 5.75 Å². The summed E-state index contributed by atoms with van der Waals surface area (Å²) in [6.45, 7) is 5.53. The molecular formula is C23H22FN3O3. The third kappa shape index (κ3) is 3.47. The van der Waals surface area contributed by atoms with Crippen LogP contribution in [-0.4, -0.2) is 27.7 Å². The maximum atomic E-state index is 14.3. The Morgan fingerprint density at radius 2 is 1.93 bits per heavy atom. The standard InChI is InChI=1S/C23H22FN3O3/c1-4-20-23(29)26(13-17-7-5-6-8-18(17)24)19-12-16(9-10-21(19)30-20)22(28)27-15(3)11-14(2)25-27/h5-12,20H,4,13H2,1-3H3/t20-/m1/s1. The molecule has 0 bridgehead atoms. The van der Waals surface area contributed by atoms with Gasteiger partial charge in [-0.15, -0.1) is 0 Å². The van der Waals surface area contributed by atoms with Gasteiger partial charge in [0.25, 0.3) is 11.8 Å². The van der Waals surface area contributed by atoms with E-state index < -0.39 is 6.10 Å². The molecule has 0 N–H and O–H groups in total. The van der Waals surface area contributed by atoms with Crippen molar-refractivity contribution in [2.75, 3.05) is 4.90 Å². The predicted molar refractivity (Wildman–Crippen MR) is 110 cm³/mol. The Morgan fingerprint density at radius 1 is 1.17 bits per heavy atom. The molecule has 3 aromatic rings. The van der Waals surface area contributed by atoms with Crippen LogP contribution in [0.1, 0.15) is 40.7 Å². The van der Waals surface area contributed by atoms with E-state index in [9.17, 15) is 14.0 Å². The van der Waals surface area contributed by atoms with Gasteiger partial charge in [-0.3, -0.25) is 9.59 Å². The van der Waals surface area contributed by atoms with Crippen LogP contribution in [0.25, 0.3) is 0 Å². The van der Waals surface area contributed by atoms with Gasteiger partial charge in [-0.25, -0.2) is 9.07 Å². The van der Waals surface area contributed by atoms with Gasteiger partial charge in [0.1, 0.15) is 11.6 Å². The van der Waals surface area contributed by atoms with Crippen molar-refractivity contribution >= 4 is 17.5 Å². The summed E-state index contributed by atoms with van der Waals surface area (Å²) in [5.41, 5.74) is 2.66. The molecule has 6 nitrogen and oxygen atoms in total. The van der Waals surface area contributed by atoms with Crippen molar-refractivity contribution in [1.29, 1.82) is 0 Å². The minimum absolute atomic E-state index is 0.0515. The number of carbonyl (C=O) groups is 2. The zero-order chi connectivity index (χ0) is 21.4. The van der Waals surface area contributed by atoms with Gasteiger partial charge in [-0.05, 0) is 50.6 Å². The molecule has 1 aliphatic heterocycles. The maximum absolute atomic E-state index is 14.3. The zero-order valence-electron chi connectivity index (χ0n) is 17.1. The van der Waals surface area contributed by atoms with Crippen molar-refractivity contribution in [3.05, 3.63) is 76.9 Å². The van der Waals surface area contributed by atoms with Crippen molar-refractivity contribution in [1.82, 2.24) is 9.78 Å². The van der Waals surface area contributed by atoms with Crippen molar-refractivity contribution in [3.8, 4) is 5.75 Å². The number of ether oxygens (including phenoxy) is 1. The highest BCUT2D eigenvalue weighted by molar-refractivity contribution is 6.03. The Balaban J connectivity index is 1.76. The molecule has 1 aromatic heterocycles. The van der Waals surface area contributed by atoms with E-state index in [4.69, 9.17) is 4.74 Å². The summed E-state index contributed by atoms with van der Waals surface area (Å²) < 4.78 is 21.4. The summed E-state index contributed by atoms with van der Waals surface area (Å²) in [5.74, 6) is -0.466. The molecule has 0 aliphatic carbocycles. The van der Waals surface area contributed by atoms with Gasteiger partial charge in [0.05, 0.1) is 17.9 Å². The zero-order valence-corrected chi connectivity index (χ0v) is 17.1. The SMILES string of the molecule is CC[C@H]1Oc2ccc(C(=O)n3nc(C)cc3C)cc2N(Cc2ccccc2F)C1=O. The van der Waals surface area contributed by atoms with Crippen LogP contribution in [0.2, 0.25) is 0 Å². The van der Waals surface area contributed by atoms with E-state index in [0.717, 1.165) is 11.4 Å². The number of hydrogen-bond acceptors (Lipinski definition) is 4. The molecule has 0 unspecified atom stereocenters. The van der Waals surface area contributed by atoms with Crippen molar-refractivity contribution < 1.29 is 18.7 Å². The van der Waals surface area contributed by atoms with E-state index in [-0.39, 0.29) is 24.2 Å². The van der Waals surface area contributed by atoms with Crippen LogP contribution >= 0.6 is 0 Å². The van der Waals surface area contributed by atoms with Crippen LogP contribution in [0, 0.1) is 19.7 Å². The number of amides is 1. The molecule has 0 saturated carbocycles. The first-order chi connectivity index (χ1) is 14.4. The molecule has 2 aromatic carbocycles. The fourth-order valence-electron chi connectivity index (χ4n) is 3.63. The number of benzene rings is 2. The molecule has 0 saturated heterocycles. The summed E-state index contributed by atoms with van der Waals surface area (Å²) in [6, 6.07) is 13.1. The second-order valence-corrected chi connectivity index (χ2v) is 7.36. The maximum Gasteiger partial charge on any atom is 0.278 e. The van der Waals surface area contributed by atoms with Crippen LogP contribution in [-0.2, 0) is 11.3 Å². The largest absolute Gasteiger partial charge is 0.478 e. The average Bonchev–Trinajstić information content (AvgIpc) is 3.08. The highest BCUT2D eigenvalue weighted by Gasteiger charge is 2.34. The highest BCUT2D eigenvalue weighted by Crippen LogP contribution is 2.37. The number of halogens is 1. The highest BCUT2D eigenvalue weighted by atomic mass is 19.1. The lowest BCUT2D eigenvalue weighted by molar-refractivity contribution is -0.126. The molecule has 1 aliphatic rings. The normalized spacial score (nSPS) is 15.7. The molecule has 154 valence electrons. The second kappa shape index (κ2) is 7.74. The molecule has 0 spiro atoms. The topological polar surface area (TPSA) is 64.4 Å². The minimum atomic E-state index is -0.651. The molecule has 4 rings (SSSR count). The molecule has 0 fully saturated rings. The van der Waals surface area contributed by atoms with Crippen LogP contribution in [0.3, 0.4) is 0 Å². The van der Waals surface area contributed by atoms with E-state index >= 15 is 0 Å². The number of aryl methyl sites for hydroxylation is 2. The van der Waals surface area contributed by atoms with Crippen LogP contribution < -0.4 is 9.64 Å². The van der Waals surface area contributed by atoms with Crippen molar-refractivity contribution in [2.45, 2.75) is 39.8 Å². The van der Waals surface area contributed by atoms with Crippen LogP contribution in [0.15, 0.2) is 48.5 Å². The van der Waals surface area contributed by atoms with Crippen LogP contribution in [0.4, 0.5) is 10.1 Å². The second-order valence-electron chi connectivity index (χ2n) is 7.36. The summed E-state index contributed by atoms with van der Waals surface area (Å²) in [7, 11) is 0. The third-order valence-electron chi connectivity index (χ3n) is 5.17. The first-order valence-corrected chi connectivity index (χ1v) is 9.82. The number of carbonyl (C=O) groups excluding carboxylic acids is 2. The lowest BCUT2D eigenvalue weighted by atomic mass is 10.1. The van der Waals surface area contributed by atoms with Gasteiger partial charge in [0.15, 0.2) is 6.10 Å². The molecule has 1 atom stereocenters. The fraction of sp³-hybridized carbons (Fsp3) is 0.261. The smallest absolute Gasteiger partial charge is 0.278 e. The summed E-state index contributed by atoms with van der Waals surface area (Å²) >= 11 is 0. The Kier molecular flexibility index (Phi) is 5.11. The van der Waals surface area contributed by atoms with E-state index in [1.165, 1.54) is 15.6 Å². The average molecular weight is 407 g/mol. The Morgan fingerprint density at radius 3 is 2.60 bits per heavy atom. The monoisotopic (exact) mass is 407 g/mol. The number of anilines is 1. The Bertz CT molecular complexity index is 1140. The summed E-state index contributed by atoms with van der Waals surface area (Å²) in [6.07, 6.45) is -0.166. The first-order valence-electron chi connectivity index (χ1n) is 9.82. The minimum Gasteiger partial charge on any atom is -0.478 e. The number of rotatable bonds is 4. The van der Waals surface area contributed by atoms with Gasteiger partial charge in [-0.2, -0.15) is 5.10 Å². The van der Waals surface area contributed by atoms with Gasteiger partial charge >= 0.3 is 0 Å². The molecule has 30 heavy (non-hydrogen) atoms. The quantitative estimate of drug-likeness (QED) is 0.655. The molecule has 0 radical (unpaired) electrons. The Labute approximate surface area is 173 Å². The molecular weight excluding hydrogens is 385 g/mol. The number of hydrogen-bond donors (Lipinski definition) is 0. The van der Waals surface area contributed by atoms with Gasteiger partial charge < -0.3 is 9.64 Å². The summed E-state index contributed by atoms with van der Waals surface area (Å²) in [5, 5.41) is 4.24. The van der Waals surface area contributed by atoms with E-state index in [2.05, 4.69) is 5.10 Å². The van der Waals surface area contributed by atoms with Gasteiger partial charge in [0.2, 0.25) is 0 Å². The fourth-order valence-corrected chi connectivity index (χ4v) is 3.63. The third-order valence-corrected chi connectivity index (χ3v) is 5.17. The Hall–Kier alpha value is -3.48. The van der Waals surface area contributed by atoms with E-state index in [1.54, 1.807) is 43.3 Å². The van der Waals surface area contributed by atoms with Gasteiger partial charge in [-0.1, -0.05) is 25.1 Å². The van der Waals surface area contributed by atoms with E-state index in [1.807, 2.05) is 19.9 Å². The predicted octanol–water partition coefficient (Wildman–Crippen LogP) is 4.03. The lowest BCUT2D eigenvalue weighted by Gasteiger charge is -2.34. The van der Waals surface area contributed by atoms with Crippen molar-refractivity contribution in [2.24, 2.45) is 0 Å². The number of nitrogens with zero attached hydrogens (tertiary/aromatic N) is 3. The molecule has 1 amide bonds. The van der Waals surface area contributed by atoms with Crippen molar-refractivity contribution in [3.63, 3.8) is 0 Å². The number of fused-ring (bicyclic) bond motifs is 1. The van der Waals surface area contributed by atoms with E-state index in [0.29, 0.717) is 29.0 Å². The lowest BCUT2D eigenvalue weighted by Crippen LogP contribution is -2.45. The molecule has 2 heterocycles.